The fraction of sp³-hybridized carbons (Fsp3) is 0.267. The first-order valence-corrected chi connectivity index (χ1v) is 6.29. The lowest BCUT2D eigenvalue weighted by Gasteiger charge is -2.07. The summed E-state index contributed by atoms with van der Waals surface area (Å²) in [6.45, 7) is 0.534. The molecular formula is C15H17NO3. The molecule has 0 bridgehead atoms. The van der Waals surface area contributed by atoms with Gasteiger partial charge in [0.15, 0.2) is 6.61 Å². The maximum Gasteiger partial charge on any atom is 0.257 e. The van der Waals surface area contributed by atoms with E-state index < -0.39 is 0 Å². The van der Waals surface area contributed by atoms with Crippen molar-refractivity contribution >= 4 is 16.7 Å². The zero-order valence-corrected chi connectivity index (χ0v) is 10.6. The summed E-state index contributed by atoms with van der Waals surface area (Å²) in [5, 5.41) is 13.5. The lowest BCUT2D eigenvalue weighted by molar-refractivity contribution is -0.123. The normalized spacial score (nSPS) is 10.4. The van der Waals surface area contributed by atoms with E-state index in [4.69, 9.17) is 9.84 Å². The first-order chi connectivity index (χ1) is 9.29. The highest BCUT2D eigenvalue weighted by molar-refractivity contribution is 5.84. The first kappa shape index (κ1) is 13.4. The van der Waals surface area contributed by atoms with E-state index in [0.717, 1.165) is 10.8 Å². The average Bonchev–Trinajstić information content (AvgIpc) is 2.45. The van der Waals surface area contributed by atoms with Crippen LogP contribution in [0.1, 0.15) is 6.42 Å². The van der Waals surface area contributed by atoms with Crippen molar-refractivity contribution in [2.45, 2.75) is 6.42 Å². The minimum atomic E-state index is -0.179. The van der Waals surface area contributed by atoms with Crippen LogP contribution in [0, 0.1) is 0 Å². The third-order valence-corrected chi connectivity index (χ3v) is 2.75. The number of nitrogens with one attached hydrogen (secondary N) is 1. The fourth-order valence-electron chi connectivity index (χ4n) is 1.76. The molecule has 2 rings (SSSR count). The molecule has 0 aliphatic rings. The Morgan fingerprint density at radius 1 is 1.16 bits per heavy atom. The zero-order valence-electron chi connectivity index (χ0n) is 10.6. The molecule has 2 N–H and O–H groups in total. The highest BCUT2D eigenvalue weighted by Gasteiger charge is 2.02. The zero-order chi connectivity index (χ0) is 13.5. The Bertz CT molecular complexity index is 554. The van der Waals surface area contributed by atoms with Gasteiger partial charge in [-0.1, -0.05) is 30.3 Å². The summed E-state index contributed by atoms with van der Waals surface area (Å²) >= 11 is 0. The molecule has 4 nitrogen and oxygen atoms in total. The number of rotatable bonds is 6. The molecular weight excluding hydrogens is 242 g/mol. The lowest BCUT2D eigenvalue weighted by Crippen LogP contribution is -2.30. The van der Waals surface area contributed by atoms with Crippen molar-refractivity contribution in [1.29, 1.82) is 0 Å². The van der Waals surface area contributed by atoms with Gasteiger partial charge in [0.1, 0.15) is 5.75 Å². The van der Waals surface area contributed by atoms with Gasteiger partial charge in [-0.2, -0.15) is 0 Å². The van der Waals surface area contributed by atoms with E-state index in [1.54, 1.807) is 0 Å². The van der Waals surface area contributed by atoms with Crippen LogP contribution < -0.4 is 10.1 Å². The lowest BCUT2D eigenvalue weighted by atomic mass is 10.1. The Labute approximate surface area is 112 Å². The summed E-state index contributed by atoms with van der Waals surface area (Å²) in [6.07, 6.45) is 0.557. The number of carbonyl (C=O) groups excluding carboxylic acids is 1. The molecule has 0 fully saturated rings. The second kappa shape index (κ2) is 6.75. The Balaban J connectivity index is 1.89. The quantitative estimate of drug-likeness (QED) is 0.777. The molecule has 0 unspecified atom stereocenters. The molecule has 0 radical (unpaired) electrons. The van der Waals surface area contributed by atoms with Crippen molar-refractivity contribution in [2.24, 2.45) is 0 Å². The van der Waals surface area contributed by atoms with Crippen LogP contribution in [0.4, 0.5) is 0 Å². The van der Waals surface area contributed by atoms with Crippen LogP contribution in [0.5, 0.6) is 5.75 Å². The highest BCUT2D eigenvalue weighted by Crippen LogP contribution is 2.20. The van der Waals surface area contributed by atoms with Gasteiger partial charge < -0.3 is 15.2 Å². The molecule has 0 spiro atoms. The first-order valence-electron chi connectivity index (χ1n) is 6.29. The summed E-state index contributed by atoms with van der Waals surface area (Å²) in [4.78, 5) is 11.4. The van der Waals surface area contributed by atoms with Crippen LogP contribution in [0.15, 0.2) is 42.5 Å². The van der Waals surface area contributed by atoms with E-state index in [9.17, 15) is 4.79 Å². The molecule has 19 heavy (non-hydrogen) atoms. The number of amides is 1. The van der Waals surface area contributed by atoms with Gasteiger partial charge in [0, 0.05) is 13.2 Å². The Morgan fingerprint density at radius 2 is 1.95 bits per heavy atom. The average molecular weight is 259 g/mol. The largest absolute Gasteiger partial charge is 0.484 e. The number of carbonyl (C=O) groups is 1. The van der Waals surface area contributed by atoms with Crippen LogP contribution in [0.2, 0.25) is 0 Å². The predicted molar refractivity (Wildman–Crippen MR) is 74.2 cm³/mol. The Morgan fingerprint density at radius 3 is 2.74 bits per heavy atom. The number of aliphatic hydroxyl groups excluding tert-OH is 1. The molecule has 2 aromatic rings. The molecule has 1 amide bonds. The van der Waals surface area contributed by atoms with Gasteiger partial charge in [-0.25, -0.2) is 0 Å². The third-order valence-electron chi connectivity index (χ3n) is 2.75. The standard InChI is InChI=1S/C15H17NO3/c17-9-3-8-16-15(18)11-19-14-7-6-12-4-1-2-5-13(12)10-14/h1-2,4-7,10,17H,3,8-9,11H2,(H,16,18). The van der Waals surface area contributed by atoms with Crippen molar-refractivity contribution in [3.05, 3.63) is 42.5 Å². The summed E-state index contributed by atoms with van der Waals surface area (Å²) in [6, 6.07) is 13.7. The molecule has 0 saturated heterocycles. The van der Waals surface area contributed by atoms with Gasteiger partial charge in [0.2, 0.25) is 0 Å². The summed E-state index contributed by atoms with van der Waals surface area (Å²) < 4.78 is 5.43. The van der Waals surface area contributed by atoms with E-state index >= 15 is 0 Å². The number of hydrogen-bond donors (Lipinski definition) is 2. The fourth-order valence-corrected chi connectivity index (χ4v) is 1.76. The number of ether oxygens (including phenoxy) is 1. The summed E-state index contributed by atoms with van der Waals surface area (Å²) in [5.41, 5.74) is 0. The van der Waals surface area contributed by atoms with Crippen LogP contribution in [-0.2, 0) is 4.79 Å². The maximum atomic E-state index is 11.4. The van der Waals surface area contributed by atoms with Crippen molar-refractivity contribution in [1.82, 2.24) is 5.32 Å². The number of fused-ring (bicyclic) bond motifs is 1. The van der Waals surface area contributed by atoms with E-state index in [1.807, 2.05) is 42.5 Å². The Kier molecular flexibility index (Phi) is 4.75. The predicted octanol–water partition coefficient (Wildman–Crippen LogP) is 1.72. The monoisotopic (exact) mass is 259 g/mol. The molecule has 0 aliphatic heterocycles. The van der Waals surface area contributed by atoms with Gasteiger partial charge in [0.25, 0.3) is 5.91 Å². The molecule has 2 aromatic carbocycles. The van der Waals surface area contributed by atoms with Gasteiger partial charge in [-0.15, -0.1) is 0 Å². The molecule has 100 valence electrons. The maximum absolute atomic E-state index is 11.4. The van der Waals surface area contributed by atoms with E-state index in [0.29, 0.717) is 18.7 Å². The van der Waals surface area contributed by atoms with Crippen LogP contribution in [-0.4, -0.2) is 30.8 Å². The highest BCUT2D eigenvalue weighted by atomic mass is 16.5. The van der Waals surface area contributed by atoms with E-state index in [1.165, 1.54) is 0 Å². The van der Waals surface area contributed by atoms with Crippen molar-refractivity contribution < 1.29 is 14.6 Å². The van der Waals surface area contributed by atoms with Gasteiger partial charge in [-0.05, 0) is 29.3 Å². The SMILES string of the molecule is O=C(COc1ccc2ccccc2c1)NCCCO. The molecule has 0 aliphatic carbocycles. The summed E-state index contributed by atoms with van der Waals surface area (Å²) in [7, 11) is 0. The van der Waals surface area contributed by atoms with Crippen molar-refractivity contribution in [2.75, 3.05) is 19.8 Å². The number of benzene rings is 2. The van der Waals surface area contributed by atoms with E-state index in [-0.39, 0.29) is 19.1 Å². The minimum Gasteiger partial charge on any atom is -0.484 e. The second-order valence-corrected chi connectivity index (χ2v) is 4.22. The molecule has 4 heteroatoms. The number of hydrogen-bond acceptors (Lipinski definition) is 3. The number of aliphatic hydroxyl groups is 1. The second-order valence-electron chi connectivity index (χ2n) is 4.22. The van der Waals surface area contributed by atoms with Gasteiger partial charge >= 0.3 is 0 Å². The van der Waals surface area contributed by atoms with Gasteiger partial charge in [-0.3, -0.25) is 4.79 Å². The molecule has 0 atom stereocenters. The minimum absolute atomic E-state index is 0.0101. The van der Waals surface area contributed by atoms with Crippen molar-refractivity contribution in [3.63, 3.8) is 0 Å². The van der Waals surface area contributed by atoms with Gasteiger partial charge in [0.05, 0.1) is 0 Å². The topological polar surface area (TPSA) is 58.6 Å². The molecule has 0 saturated carbocycles. The van der Waals surface area contributed by atoms with Crippen LogP contribution in [0.25, 0.3) is 10.8 Å². The Hall–Kier alpha value is -2.07. The molecule has 0 heterocycles. The smallest absolute Gasteiger partial charge is 0.257 e. The van der Waals surface area contributed by atoms with E-state index in [2.05, 4.69) is 5.32 Å². The van der Waals surface area contributed by atoms with Crippen LogP contribution in [0.3, 0.4) is 0 Å². The summed E-state index contributed by atoms with van der Waals surface area (Å²) in [5.74, 6) is 0.498. The molecule has 0 aromatic heterocycles. The van der Waals surface area contributed by atoms with Crippen LogP contribution >= 0.6 is 0 Å². The third kappa shape index (κ3) is 3.96. The van der Waals surface area contributed by atoms with Crippen molar-refractivity contribution in [3.8, 4) is 5.75 Å².